The molecule has 0 saturated carbocycles. The molecule has 1 unspecified atom stereocenters. The second-order valence-electron chi connectivity index (χ2n) is 4.79. The van der Waals surface area contributed by atoms with Crippen molar-refractivity contribution in [3.63, 3.8) is 0 Å². The Kier molecular flexibility index (Phi) is 5.29. The monoisotopic (exact) mass is 346 g/mol. The van der Waals surface area contributed by atoms with E-state index in [1.165, 1.54) is 26.4 Å². The highest BCUT2D eigenvalue weighted by Crippen LogP contribution is 2.35. The molecule has 0 aliphatic carbocycles. The Labute approximate surface area is 133 Å². The fourth-order valence-corrected chi connectivity index (χ4v) is 2.59. The molecule has 1 aromatic carbocycles. The molecular weight excluding hydrogens is 328 g/mol. The maximum absolute atomic E-state index is 11.9. The Morgan fingerprint density at radius 1 is 1.35 bits per heavy atom. The minimum absolute atomic E-state index is 0.0451. The third-order valence-corrected chi connectivity index (χ3v) is 3.65. The van der Waals surface area contributed by atoms with E-state index in [1.54, 1.807) is 0 Å². The zero-order valence-electron chi connectivity index (χ0n) is 12.7. The van der Waals surface area contributed by atoms with Crippen LogP contribution in [-0.2, 0) is 19.7 Å². The number of carbonyl (C=O) groups is 1. The molecule has 0 bridgehead atoms. The number of nitrogens with one attached hydrogen (secondary N) is 1. The molecule has 0 amide bonds. The number of anilines is 1. The summed E-state index contributed by atoms with van der Waals surface area (Å²) in [6, 6.07) is 2.65. The van der Waals surface area contributed by atoms with Gasteiger partial charge in [-0.2, -0.15) is 8.42 Å². The van der Waals surface area contributed by atoms with Gasteiger partial charge in [0.1, 0.15) is 6.10 Å². The van der Waals surface area contributed by atoms with Gasteiger partial charge in [0.15, 0.2) is 11.5 Å². The van der Waals surface area contributed by atoms with Crippen LogP contribution in [0.4, 0.5) is 5.69 Å². The molecule has 3 N–H and O–H groups in total. The van der Waals surface area contributed by atoms with Crippen molar-refractivity contribution in [3.05, 3.63) is 17.7 Å². The fourth-order valence-electron chi connectivity index (χ4n) is 2.11. The number of ether oxygens (including phenoxy) is 4. The molecule has 1 atom stereocenters. The maximum Gasteiger partial charge on any atom is 0.340 e. The van der Waals surface area contributed by atoms with Crippen LogP contribution in [0.2, 0.25) is 0 Å². The standard InChI is InChI=1S/C13H18N2O7S/c1-19-11-6-10(15-23(14,17)18)9(13(16)20-2)5-12(11)22-8-3-4-21-7-8/h5-6,8,15H,3-4,7H2,1-2H3,(H2,14,17,18). The van der Waals surface area contributed by atoms with Crippen molar-refractivity contribution in [2.75, 3.05) is 32.2 Å². The molecule has 2 rings (SSSR count). The second kappa shape index (κ2) is 7.02. The van der Waals surface area contributed by atoms with Gasteiger partial charge in [-0.3, -0.25) is 4.72 Å². The largest absolute Gasteiger partial charge is 0.493 e. The van der Waals surface area contributed by atoms with E-state index in [9.17, 15) is 13.2 Å². The Hall–Kier alpha value is -2.04. The summed E-state index contributed by atoms with van der Waals surface area (Å²) in [5, 5.41) is 4.96. The number of methoxy groups -OCH3 is 2. The molecule has 9 nitrogen and oxygen atoms in total. The molecule has 0 aromatic heterocycles. The maximum atomic E-state index is 11.9. The number of benzene rings is 1. The SMILES string of the molecule is COC(=O)c1cc(OC2CCOC2)c(OC)cc1NS(N)(=O)=O. The van der Waals surface area contributed by atoms with Gasteiger partial charge in [0, 0.05) is 18.6 Å². The van der Waals surface area contributed by atoms with Gasteiger partial charge in [0.2, 0.25) is 0 Å². The summed E-state index contributed by atoms with van der Waals surface area (Å²) in [5.41, 5.74) is -0.109. The lowest BCUT2D eigenvalue weighted by Gasteiger charge is -2.18. The van der Waals surface area contributed by atoms with Crippen LogP contribution in [0.3, 0.4) is 0 Å². The molecule has 1 aromatic rings. The van der Waals surface area contributed by atoms with E-state index < -0.39 is 16.2 Å². The van der Waals surface area contributed by atoms with E-state index in [0.717, 1.165) is 0 Å². The average molecular weight is 346 g/mol. The van der Waals surface area contributed by atoms with Crippen molar-refractivity contribution in [2.45, 2.75) is 12.5 Å². The van der Waals surface area contributed by atoms with Crippen LogP contribution in [-0.4, -0.2) is 47.9 Å². The topological polar surface area (TPSA) is 126 Å². The zero-order valence-corrected chi connectivity index (χ0v) is 13.5. The van der Waals surface area contributed by atoms with Gasteiger partial charge in [0.25, 0.3) is 10.2 Å². The van der Waals surface area contributed by atoms with Gasteiger partial charge in [-0.25, -0.2) is 9.93 Å². The van der Waals surface area contributed by atoms with Crippen LogP contribution < -0.4 is 19.3 Å². The van der Waals surface area contributed by atoms with Crippen molar-refractivity contribution < 1.29 is 32.2 Å². The molecule has 1 saturated heterocycles. The van der Waals surface area contributed by atoms with Gasteiger partial charge in [0.05, 0.1) is 38.7 Å². The van der Waals surface area contributed by atoms with Crippen molar-refractivity contribution in [3.8, 4) is 11.5 Å². The highest BCUT2D eigenvalue weighted by atomic mass is 32.2. The van der Waals surface area contributed by atoms with Gasteiger partial charge < -0.3 is 18.9 Å². The lowest BCUT2D eigenvalue weighted by atomic mass is 10.1. The highest BCUT2D eigenvalue weighted by Gasteiger charge is 2.23. The first-order chi connectivity index (χ1) is 10.8. The van der Waals surface area contributed by atoms with E-state index in [0.29, 0.717) is 19.6 Å². The van der Waals surface area contributed by atoms with Gasteiger partial charge in [-0.15, -0.1) is 0 Å². The third-order valence-electron chi connectivity index (χ3n) is 3.14. The van der Waals surface area contributed by atoms with Gasteiger partial charge in [-0.05, 0) is 0 Å². The predicted molar refractivity (Wildman–Crippen MR) is 80.9 cm³/mol. The van der Waals surface area contributed by atoms with E-state index in [-0.39, 0.29) is 28.9 Å². The molecule has 0 spiro atoms. The van der Waals surface area contributed by atoms with Crippen molar-refractivity contribution >= 4 is 21.9 Å². The smallest absolute Gasteiger partial charge is 0.340 e. The molecule has 1 fully saturated rings. The van der Waals surface area contributed by atoms with Gasteiger partial charge >= 0.3 is 5.97 Å². The van der Waals surface area contributed by atoms with Crippen molar-refractivity contribution in [2.24, 2.45) is 5.14 Å². The first-order valence-electron chi connectivity index (χ1n) is 6.69. The molecule has 128 valence electrons. The Morgan fingerprint density at radius 3 is 2.61 bits per heavy atom. The molecule has 1 aliphatic rings. The molecule has 23 heavy (non-hydrogen) atoms. The molecule has 10 heteroatoms. The minimum atomic E-state index is -4.08. The summed E-state index contributed by atoms with van der Waals surface area (Å²) in [5.74, 6) is -0.217. The minimum Gasteiger partial charge on any atom is -0.493 e. The zero-order chi connectivity index (χ0) is 17.0. The van der Waals surface area contributed by atoms with Crippen LogP contribution in [0.15, 0.2) is 12.1 Å². The first kappa shape index (κ1) is 17.3. The fraction of sp³-hybridized carbons (Fsp3) is 0.462. The van der Waals surface area contributed by atoms with Crippen molar-refractivity contribution in [1.29, 1.82) is 0 Å². The van der Waals surface area contributed by atoms with Crippen LogP contribution in [0.1, 0.15) is 16.8 Å². The summed E-state index contributed by atoms with van der Waals surface area (Å²) in [6.45, 7) is 1.01. The summed E-state index contributed by atoms with van der Waals surface area (Å²) in [4.78, 5) is 11.9. The number of hydrogen-bond acceptors (Lipinski definition) is 7. The number of hydrogen-bond donors (Lipinski definition) is 2. The van der Waals surface area contributed by atoms with E-state index in [1.807, 2.05) is 4.72 Å². The molecule has 0 radical (unpaired) electrons. The first-order valence-corrected chi connectivity index (χ1v) is 8.24. The normalized spacial score (nSPS) is 17.6. The van der Waals surface area contributed by atoms with Crippen LogP contribution in [0, 0.1) is 0 Å². The lowest BCUT2D eigenvalue weighted by Crippen LogP contribution is -2.23. The lowest BCUT2D eigenvalue weighted by molar-refractivity contribution is 0.0601. The summed E-state index contributed by atoms with van der Waals surface area (Å²) in [6.07, 6.45) is 0.528. The summed E-state index contributed by atoms with van der Waals surface area (Å²) >= 11 is 0. The molecule has 1 aliphatic heterocycles. The summed E-state index contributed by atoms with van der Waals surface area (Å²) in [7, 11) is -1.50. The number of nitrogens with two attached hydrogens (primary N) is 1. The van der Waals surface area contributed by atoms with E-state index >= 15 is 0 Å². The average Bonchev–Trinajstić information content (AvgIpc) is 2.99. The van der Waals surface area contributed by atoms with Crippen LogP contribution in [0.5, 0.6) is 11.5 Å². The molecule has 1 heterocycles. The third kappa shape index (κ3) is 4.47. The predicted octanol–water partition coefficient (Wildman–Crippen LogP) is 0.265. The van der Waals surface area contributed by atoms with Crippen LogP contribution in [0.25, 0.3) is 0 Å². The Balaban J connectivity index is 2.44. The van der Waals surface area contributed by atoms with Gasteiger partial charge in [-0.1, -0.05) is 0 Å². The number of rotatable bonds is 6. The van der Waals surface area contributed by atoms with Crippen molar-refractivity contribution in [1.82, 2.24) is 0 Å². The summed E-state index contributed by atoms with van der Waals surface area (Å²) < 4.78 is 45.4. The highest BCUT2D eigenvalue weighted by molar-refractivity contribution is 7.90. The number of esters is 1. The molecular formula is C13H18N2O7S. The van der Waals surface area contributed by atoms with E-state index in [2.05, 4.69) is 4.74 Å². The Bertz CT molecular complexity index is 684. The number of carbonyl (C=O) groups excluding carboxylic acids is 1. The quantitative estimate of drug-likeness (QED) is 0.708. The Morgan fingerprint density at radius 2 is 2.09 bits per heavy atom. The van der Waals surface area contributed by atoms with E-state index in [4.69, 9.17) is 19.3 Å². The second-order valence-corrected chi connectivity index (χ2v) is 6.08. The van der Waals surface area contributed by atoms with Crippen LogP contribution >= 0.6 is 0 Å².